The van der Waals surface area contributed by atoms with Crippen molar-refractivity contribution in [1.82, 2.24) is 25.2 Å². The lowest BCUT2D eigenvalue weighted by molar-refractivity contribution is 0.0522. The third kappa shape index (κ3) is 4.24. The molecule has 0 atom stereocenters. The molecule has 9 heteroatoms. The number of benzene rings is 1. The highest BCUT2D eigenvalue weighted by Gasteiger charge is 2.26. The molecule has 0 aliphatic heterocycles. The van der Waals surface area contributed by atoms with E-state index in [1.165, 1.54) is 11.8 Å². The van der Waals surface area contributed by atoms with Gasteiger partial charge in [-0.25, -0.2) is 4.79 Å². The molecule has 0 saturated heterocycles. The number of aromatic amines is 1. The van der Waals surface area contributed by atoms with E-state index in [2.05, 4.69) is 20.5 Å². The lowest BCUT2D eigenvalue weighted by Crippen LogP contribution is -2.13. The summed E-state index contributed by atoms with van der Waals surface area (Å²) < 4.78 is 6.74. The Kier molecular flexibility index (Phi) is 6.17. The molecule has 0 spiro atoms. The van der Waals surface area contributed by atoms with E-state index in [9.17, 15) is 9.59 Å². The number of nitrogens with one attached hydrogen (secondary N) is 1. The molecule has 3 aromatic rings. The van der Waals surface area contributed by atoms with E-state index >= 15 is 0 Å². The molecule has 152 valence electrons. The van der Waals surface area contributed by atoms with Gasteiger partial charge in [-0.05, 0) is 62.2 Å². The van der Waals surface area contributed by atoms with Crippen molar-refractivity contribution < 1.29 is 14.3 Å². The number of H-pyrrole nitrogens is 1. The van der Waals surface area contributed by atoms with Crippen molar-refractivity contribution >= 4 is 23.5 Å². The van der Waals surface area contributed by atoms with Crippen molar-refractivity contribution in [3.8, 4) is 5.69 Å². The van der Waals surface area contributed by atoms with E-state index < -0.39 is 5.97 Å². The maximum atomic E-state index is 12.9. The Morgan fingerprint density at radius 3 is 2.59 bits per heavy atom. The zero-order valence-electron chi connectivity index (χ0n) is 17.1. The van der Waals surface area contributed by atoms with Gasteiger partial charge in [0.1, 0.15) is 0 Å². The number of nitrogens with zero attached hydrogens (tertiary/aromatic N) is 4. The maximum Gasteiger partial charge on any atom is 0.340 e. The second-order valence-electron chi connectivity index (χ2n) is 6.72. The van der Waals surface area contributed by atoms with Crippen LogP contribution in [0.4, 0.5) is 0 Å². The number of rotatable bonds is 7. The van der Waals surface area contributed by atoms with E-state index in [0.29, 0.717) is 27.7 Å². The number of ketones is 1. The Bertz CT molecular complexity index is 1070. The average molecular weight is 414 g/mol. The van der Waals surface area contributed by atoms with Crippen LogP contribution >= 0.6 is 11.8 Å². The third-order valence-corrected chi connectivity index (χ3v) is 5.42. The van der Waals surface area contributed by atoms with Crippen LogP contribution in [0.25, 0.3) is 5.69 Å². The number of aryl methyl sites for hydroxylation is 4. The largest absolute Gasteiger partial charge is 0.462 e. The van der Waals surface area contributed by atoms with Crippen molar-refractivity contribution in [3.63, 3.8) is 0 Å². The zero-order chi connectivity index (χ0) is 21.1. The Balaban J connectivity index is 1.84. The first-order valence-corrected chi connectivity index (χ1v) is 10.2. The fourth-order valence-corrected chi connectivity index (χ4v) is 3.91. The third-order valence-electron chi connectivity index (χ3n) is 4.50. The number of ether oxygens (including phenoxy) is 1. The molecule has 3 rings (SSSR count). The van der Waals surface area contributed by atoms with Crippen LogP contribution in [-0.4, -0.2) is 49.3 Å². The summed E-state index contributed by atoms with van der Waals surface area (Å²) in [6.07, 6.45) is 0. The number of hydrogen-bond donors (Lipinski definition) is 1. The monoisotopic (exact) mass is 413 g/mol. The summed E-state index contributed by atoms with van der Waals surface area (Å²) in [5.41, 5.74) is 4.90. The van der Waals surface area contributed by atoms with Gasteiger partial charge in [0.2, 0.25) is 5.16 Å². The van der Waals surface area contributed by atoms with Gasteiger partial charge < -0.3 is 9.72 Å². The Morgan fingerprint density at radius 1 is 1.14 bits per heavy atom. The van der Waals surface area contributed by atoms with E-state index in [1.54, 1.807) is 25.5 Å². The number of carbonyl (C=O) groups excluding carboxylic acids is 2. The fourth-order valence-electron chi connectivity index (χ4n) is 3.16. The van der Waals surface area contributed by atoms with Crippen LogP contribution in [0.15, 0.2) is 23.4 Å². The number of hydrogen-bond acceptors (Lipinski definition) is 7. The lowest BCUT2D eigenvalue weighted by Gasteiger charge is -2.09. The quantitative estimate of drug-likeness (QED) is 0.360. The first kappa shape index (κ1) is 20.8. The molecule has 0 saturated carbocycles. The first-order valence-electron chi connectivity index (χ1n) is 9.21. The van der Waals surface area contributed by atoms with Crippen LogP contribution < -0.4 is 0 Å². The first-order chi connectivity index (χ1) is 13.8. The van der Waals surface area contributed by atoms with E-state index in [4.69, 9.17) is 4.74 Å². The van der Waals surface area contributed by atoms with Crippen molar-refractivity contribution in [2.75, 3.05) is 12.4 Å². The molecule has 8 nitrogen and oxygen atoms in total. The molecular weight excluding hydrogens is 390 g/mol. The summed E-state index contributed by atoms with van der Waals surface area (Å²) in [5.74, 6) is -0.589. The second kappa shape index (κ2) is 8.60. The molecule has 0 radical (unpaired) electrons. The lowest BCUT2D eigenvalue weighted by atomic mass is 10.1. The highest BCUT2D eigenvalue weighted by Crippen LogP contribution is 2.25. The molecule has 0 fully saturated rings. The number of esters is 1. The molecule has 1 N–H and O–H groups in total. The number of aromatic nitrogens is 5. The molecule has 0 aliphatic rings. The van der Waals surface area contributed by atoms with E-state index in [0.717, 1.165) is 16.8 Å². The van der Waals surface area contributed by atoms with E-state index in [-0.39, 0.29) is 18.1 Å². The maximum absolute atomic E-state index is 12.9. The normalized spacial score (nSPS) is 10.9. The summed E-state index contributed by atoms with van der Waals surface area (Å²) in [4.78, 5) is 28.3. The van der Waals surface area contributed by atoms with Gasteiger partial charge in [-0.1, -0.05) is 23.9 Å². The van der Waals surface area contributed by atoms with Crippen LogP contribution in [0.3, 0.4) is 0 Å². The Morgan fingerprint density at radius 2 is 1.86 bits per heavy atom. The zero-order valence-corrected chi connectivity index (χ0v) is 17.9. The average Bonchev–Trinajstić information content (AvgIpc) is 3.25. The molecule has 29 heavy (non-hydrogen) atoms. The van der Waals surface area contributed by atoms with Crippen LogP contribution in [-0.2, 0) is 4.74 Å². The van der Waals surface area contributed by atoms with Gasteiger partial charge >= 0.3 is 5.97 Å². The van der Waals surface area contributed by atoms with Gasteiger partial charge in [-0.15, -0.1) is 5.10 Å². The molecule has 0 amide bonds. The Hall–Kier alpha value is -2.94. The Labute approximate surface area is 173 Å². The number of tetrazole rings is 1. The number of Topliss-reactive ketones (excluding diaryl/α,β-unsaturated/α-hetero) is 1. The molecule has 1 aromatic carbocycles. The van der Waals surface area contributed by atoms with Crippen molar-refractivity contribution in [3.05, 3.63) is 51.8 Å². The summed E-state index contributed by atoms with van der Waals surface area (Å²) in [7, 11) is 0. The van der Waals surface area contributed by atoms with Crippen molar-refractivity contribution in [2.24, 2.45) is 0 Å². The van der Waals surface area contributed by atoms with Crippen molar-refractivity contribution in [1.29, 1.82) is 0 Å². The standard InChI is InChI=1S/C20H23N5O3S/c1-6-28-19(27)18-14(5)21-13(4)17(18)16(26)10-29-20-22-23-24-25(20)15-9-11(2)7-8-12(15)3/h7-9,21H,6,10H2,1-5H3. The van der Waals surface area contributed by atoms with Crippen LogP contribution in [0.2, 0.25) is 0 Å². The predicted octanol–water partition coefficient (Wildman–Crippen LogP) is 3.38. The topological polar surface area (TPSA) is 103 Å². The number of carbonyl (C=O) groups is 2. The van der Waals surface area contributed by atoms with Crippen LogP contribution in [0, 0.1) is 27.7 Å². The van der Waals surface area contributed by atoms with Gasteiger partial charge in [-0.3, -0.25) is 4.79 Å². The second-order valence-corrected chi connectivity index (χ2v) is 7.66. The van der Waals surface area contributed by atoms with Gasteiger partial charge in [0, 0.05) is 11.4 Å². The van der Waals surface area contributed by atoms with Crippen molar-refractivity contribution in [2.45, 2.75) is 39.8 Å². The fraction of sp³-hybridized carbons (Fsp3) is 0.350. The molecule has 2 heterocycles. The molecule has 0 bridgehead atoms. The minimum Gasteiger partial charge on any atom is -0.462 e. The molecule has 0 aliphatic carbocycles. The summed E-state index contributed by atoms with van der Waals surface area (Å²) in [6.45, 7) is 9.48. The number of thioether (sulfide) groups is 1. The SMILES string of the molecule is CCOC(=O)c1c(C)[nH]c(C)c1C(=O)CSc1nnnn1-c1cc(C)ccc1C. The van der Waals surface area contributed by atoms with Gasteiger partial charge in [0.05, 0.1) is 29.2 Å². The predicted molar refractivity (Wildman–Crippen MR) is 110 cm³/mol. The van der Waals surface area contributed by atoms with E-state index in [1.807, 2.05) is 32.0 Å². The highest BCUT2D eigenvalue weighted by molar-refractivity contribution is 7.99. The van der Waals surface area contributed by atoms with Gasteiger partial charge in [0.15, 0.2) is 5.78 Å². The van der Waals surface area contributed by atoms with Crippen LogP contribution in [0.1, 0.15) is 50.2 Å². The molecule has 2 aromatic heterocycles. The summed E-state index contributed by atoms with van der Waals surface area (Å²) in [5, 5.41) is 12.4. The molecular formula is C20H23N5O3S. The van der Waals surface area contributed by atoms with Crippen LogP contribution in [0.5, 0.6) is 0 Å². The smallest absolute Gasteiger partial charge is 0.340 e. The van der Waals surface area contributed by atoms with Gasteiger partial charge in [-0.2, -0.15) is 4.68 Å². The summed E-state index contributed by atoms with van der Waals surface area (Å²) in [6, 6.07) is 6.02. The molecule has 0 unspecified atom stereocenters. The highest BCUT2D eigenvalue weighted by atomic mass is 32.2. The minimum absolute atomic E-state index is 0.0930. The minimum atomic E-state index is -0.497. The summed E-state index contributed by atoms with van der Waals surface area (Å²) >= 11 is 1.23. The van der Waals surface area contributed by atoms with Gasteiger partial charge in [0.25, 0.3) is 0 Å².